The number of hydrogen-bond donors (Lipinski definition) is 0. The van der Waals surface area contributed by atoms with Crippen LogP contribution in [0.25, 0.3) is 0 Å². The minimum absolute atomic E-state index is 0.0956. The van der Waals surface area contributed by atoms with Gasteiger partial charge in [-0.1, -0.05) is 0 Å². The van der Waals surface area contributed by atoms with Crippen LogP contribution in [-0.4, -0.2) is 53.7 Å². The molecule has 0 spiro atoms. The monoisotopic (exact) mass is 254 g/mol. The summed E-state index contributed by atoms with van der Waals surface area (Å²) in [6.07, 6.45) is 4.13. The fourth-order valence-electron chi connectivity index (χ4n) is 2.90. The van der Waals surface area contributed by atoms with Crippen molar-refractivity contribution in [3.63, 3.8) is 0 Å². The van der Waals surface area contributed by atoms with Crippen LogP contribution >= 0.6 is 0 Å². The average Bonchev–Trinajstić information content (AvgIpc) is 2.53. The molecule has 0 aliphatic carbocycles. The number of piperidine rings is 1. The molecule has 2 fully saturated rings. The lowest BCUT2D eigenvalue weighted by Crippen LogP contribution is -2.52. The van der Waals surface area contributed by atoms with E-state index in [0.29, 0.717) is 12.6 Å². The van der Waals surface area contributed by atoms with Crippen molar-refractivity contribution >= 4 is 6.09 Å². The molecule has 0 aromatic carbocycles. The van der Waals surface area contributed by atoms with Gasteiger partial charge in [0, 0.05) is 31.2 Å². The predicted molar refractivity (Wildman–Crippen MR) is 71.6 cm³/mol. The molecule has 1 amide bonds. The Morgan fingerprint density at radius 3 is 2.39 bits per heavy atom. The van der Waals surface area contributed by atoms with Crippen molar-refractivity contribution in [3.05, 3.63) is 0 Å². The molecule has 2 heterocycles. The molecule has 0 atom stereocenters. The molecule has 4 nitrogen and oxygen atoms in total. The van der Waals surface area contributed by atoms with E-state index in [1.807, 2.05) is 4.90 Å². The van der Waals surface area contributed by atoms with Crippen LogP contribution in [0.4, 0.5) is 4.79 Å². The normalized spacial score (nSPS) is 24.8. The number of rotatable bonds is 1. The maximum Gasteiger partial charge on any atom is 0.410 e. The van der Waals surface area contributed by atoms with Crippen molar-refractivity contribution in [1.29, 1.82) is 0 Å². The first-order valence-corrected chi connectivity index (χ1v) is 7.17. The summed E-state index contributed by atoms with van der Waals surface area (Å²) in [6, 6.07) is 0.384. The smallest absolute Gasteiger partial charge is 0.410 e. The molecule has 2 rings (SSSR count). The van der Waals surface area contributed by atoms with E-state index in [-0.39, 0.29) is 11.6 Å². The second kappa shape index (κ2) is 5.47. The van der Waals surface area contributed by atoms with E-state index in [4.69, 9.17) is 4.74 Å². The number of ether oxygens (including phenoxy) is 1. The maximum atomic E-state index is 11.9. The van der Waals surface area contributed by atoms with Crippen LogP contribution in [0.1, 0.15) is 46.5 Å². The zero-order valence-electron chi connectivity index (χ0n) is 11.9. The number of amides is 1. The summed E-state index contributed by atoms with van der Waals surface area (Å²) in [4.78, 5) is 16.4. The lowest BCUT2D eigenvalue weighted by atomic mass is 9.97. The summed E-state index contributed by atoms with van der Waals surface area (Å²) >= 11 is 0. The van der Waals surface area contributed by atoms with E-state index in [0.717, 1.165) is 45.3 Å². The summed E-state index contributed by atoms with van der Waals surface area (Å²) in [6.45, 7) is 10.4. The Bertz CT molecular complexity index is 291. The van der Waals surface area contributed by atoms with Gasteiger partial charge in [-0.3, -0.25) is 4.90 Å². The first kappa shape index (κ1) is 13.7. The summed E-state index contributed by atoms with van der Waals surface area (Å²) in [5.41, 5.74) is 0.240. The van der Waals surface area contributed by atoms with Crippen molar-refractivity contribution in [2.75, 3.05) is 26.2 Å². The van der Waals surface area contributed by atoms with E-state index >= 15 is 0 Å². The highest BCUT2D eigenvalue weighted by molar-refractivity contribution is 5.68. The van der Waals surface area contributed by atoms with Crippen LogP contribution in [0, 0.1) is 0 Å². The topological polar surface area (TPSA) is 32.8 Å². The highest BCUT2D eigenvalue weighted by atomic mass is 16.6. The van der Waals surface area contributed by atoms with Gasteiger partial charge < -0.3 is 9.64 Å². The zero-order valence-corrected chi connectivity index (χ0v) is 11.9. The van der Waals surface area contributed by atoms with E-state index < -0.39 is 0 Å². The zero-order chi connectivity index (χ0) is 13.2. The third-order valence-corrected chi connectivity index (χ3v) is 4.11. The van der Waals surface area contributed by atoms with Crippen molar-refractivity contribution in [2.24, 2.45) is 0 Å². The molecule has 2 saturated heterocycles. The van der Waals surface area contributed by atoms with Gasteiger partial charge in [0.1, 0.15) is 0 Å². The first-order chi connectivity index (χ1) is 8.48. The fourth-order valence-corrected chi connectivity index (χ4v) is 2.90. The van der Waals surface area contributed by atoms with Gasteiger partial charge in [0.15, 0.2) is 0 Å². The van der Waals surface area contributed by atoms with Crippen molar-refractivity contribution in [3.8, 4) is 0 Å². The van der Waals surface area contributed by atoms with Gasteiger partial charge in [0.25, 0.3) is 0 Å². The lowest BCUT2D eigenvalue weighted by Gasteiger charge is -2.43. The van der Waals surface area contributed by atoms with Gasteiger partial charge in [-0.25, -0.2) is 4.79 Å². The third-order valence-electron chi connectivity index (χ3n) is 4.11. The molecule has 104 valence electrons. The first-order valence-electron chi connectivity index (χ1n) is 7.17. The van der Waals surface area contributed by atoms with Gasteiger partial charge in [-0.15, -0.1) is 0 Å². The van der Waals surface area contributed by atoms with E-state index in [1.54, 1.807) is 0 Å². The Morgan fingerprint density at radius 2 is 1.78 bits per heavy atom. The minimum atomic E-state index is -0.0956. The molecule has 4 heteroatoms. The van der Waals surface area contributed by atoms with Crippen molar-refractivity contribution in [2.45, 2.75) is 58.0 Å². The van der Waals surface area contributed by atoms with Gasteiger partial charge in [-0.2, -0.15) is 0 Å². The standard InChI is InChI=1S/C14H26N2O2/c1-14(2,3)15-9-6-12(7-10-15)16-8-4-5-11-18-13(16)17/h12H,4-11H2,1-3H3. The van der Waals surface area contributed by atoms with E-state index in [2.05, 4.69) is 25.7 Å². The van der Waals surface area contributed by atoms with Crippen LogP contribution in [0.2, 0.25) is 0 Å². The third kappa shape index (κ3) is 3.16. The van der Waals surface area contributed by atoms with Crippen LogP contribution in [-0.2, 0) is 4.74 Å². The maximum absolute atomic E-state index is 11.9. The Balaban J connectivity index is 1.90. The van der Waals surface area contributed by atoms with Crippen molar-refractivity contribution in [1.82, 2.24) is 9.80 Å². The quantitative estimate of drug-likeness (QED) is 0.720. The second-order valence-electron chi connectivity index (χ2n) is 6.40. The number of nitrogens with zero attached hydrogens (tertiary/aromatic N) is 2. The van der Waals surface area contributed by atoms with Gasteiger partial charge >= 0.3 is 6.09 Å². The summed E-state index contributed by atoms with van der Waals surface area (Å²) in [5.74, 6) is 0. The predicted octanol–water partition coefficient (Wildman–Crippen LogP) is 2.48. The van der Waals surface area contributed by atoms with Gasteiger partial charge in [0.05, 0.1) is 6.61 Å². The van der Waals surface area contributed by atoms with E-state index in [9.17, 15) is 4.79 Å². The molecule has 2 aliphatic heterocycles. The SMILES string of the molecule is CC(C)(C)N1CCC(N2CCCCOC2=O)CC1. The number of carbonyl (C=O) groups excluding carboxylic acids is 1. The Kier molecular flexibility index (Phi) is 4.15. The van der Waals surface area contributed by atoms with E-state index in [1.165, 1.54) is 0 Å². The molecule has 18 heavy (non-hydrogen) atoms. The minimum Gasteiger partial charge on any atom is -0.449 e. The molecular formula is C14H26N2O2. The highest BCUT2D eigenvalue weighted by Gasteiger charge is 2.32. The average molecular weight is 254 g/mol. The summed E-state index contributed by atoms with van der Waals surface area (Å²) in [5, 5.41) is 0. The number of carbonyl (C=O) groups is 1. The molecule has 0 bridgehead atoms. The van der Waals surface area contributed by atoms with Crippen LogP contribution in [0.5, 0.6) is 0 Å². The largest absolute Gasteiger partial charge is 0.449 e. The Hall–Kier alpha value is -0.770. The van der Waals surface area contributed by atoms with Crippen LogP contribution < -0.4 is 0 Å². The summed E-state index contributed by atoms with van der Waals surface area (Å²) < 4.78 is 5.24. The fraction of sp³-hybridized carbons (Fsp3) is 0.929. The van der Waals surface area contributed by atoms with Crippen LogP contribution in [0.15, 0.2) is 0 Å². The Labute approximate surface area is 110 Å². The summed E-state index contributed by atoms with van der Waals surface area (Å²) in [7, 11) is 0. The highest BCUT2D eigenvalue weighted by Crippen LogP contribution is 2.24. The molecular weight excluding hydrogens is 228 g/mol. The molecule has 0 saturated carbocycles. The molecule has 0 radical (unpaired) electrons. The van der Waals surface area contributed by atoms with Crippen molar-refractivity contribution < 1.29 is 9.53 Å². The van der Waals surface area contributed by atoms with Gasteiger partial charge in [-0.05, 0) is 46.5 Å². The Morgan fingerprint density at radius 1 is 1.11 bits per heavy atom. The number of hydrogen-bond acceptors (Lipinski definition) is 3. The molecule has 0 N–H and O–H groups in total. The number of cyclic esters (lactones) is 1. The number of likely N-dealkylation sites (tertiary alicyclic amines) is 1. The molecule has 0 aromatic rings. The van der Waals surface area contributed by atoms with Crippen LogP contribution in [0.3, 0.4) is 0 Å². The molecule has 0 aromatic heterocycles. The molecule has 0 unspecified atom stereocenters. The molecule has 2 aliphatic rings. The second-order valence-corrected chi connectivity index (χ2v) is 6.40. The van der Waals surface area contributed by atoms with Gasteiger partial charge in [0.2, 0.25) is 0 Å². The lowest BCUT2D eigenvalue weighted by molar-refractivity contribution is 0.0505.